The summed E-state index contributed by atoms with van der Waals surface area (Å²) in [6, 6.07) is 31.8. The minimum absolute atomic E-state index is 0.930. The van der Waals surface area contributed by atoms with E-state index >= 15 is 0 Å². The highest BCUT2D eigenvalue weighted by Gasteiger charge is 2.16. The summed E-state index contributed by atoms with van der Waals surface area (Å²) in [6.07, 6.45) is 0. The Balaban J connectivity index is 1.91. The van der Waals surface area contributed by atoms with Gasteiger partial charge in [0.15, 0.2) is 0 Å². The first-order valence-corrected chi connectivity index (χ1v) is 8.88. The van der Waals surface area contributed by atoms with Gasteiger partial charge in [-0.1, -0.05) is 84.4 Å². The van der Waals surface area contributed by atoms with Crippen LogP contribution in [0.4, 0.5) is 0 Å². The average Bonchev–Trinajstić information content (AvgIpc) is 3.07. The van der Waals surface area contributed by atoms with Crippen molar-refractivity contribution in [3.63, 3.8) is 0 Å². The van der Waals surface area contributed by atoms with E-state index in [0.717, 1.165) is 22.1 Å². The van der Waals surface area contributed by atoms with Crippen LogP contribution in [0.2, 0.25) is 0 Å². The van der Waals surface area contributed by atoms with Crippen molar-refractivity contribution in [2.24, 2.45) is 0 Å². The third-order valence-electron chi connectivity index (χ3n) is 4.94. The second kappa shape index (κ2) is 5.89. The second-order valence-electron chi connectivity index (χ2n) is 6.70. The molecule has 1 aromatic heterocycles. The third kappa shape index (κ3) is 2.33. The van der Waals surface area contributed by atoms with Gasteiger partial charge in [0.25, 0.3) is 0 Å². The first-order chi connectivity index (χ1) is 12.8. The maximum Gasteiger partial charge on any atom is 0.143 e. The minimum atomic E-state index is 0.930. The number of benzene rings is 4. The van der Waals surface area contributed by atoms with Gasteiger partial charge in [0.1, 0.15) is 11.2 Å². The molecule has 0 saturated carbocycles. The van der Waals surface area contributed by atoms with Crippen LogP contribution in [-0.2, 0) is 0 Å². The van der Waals surface area contributed by atoms with Crippen LogP contribution >= 0.6 is 0 Å². The number of hydrogen-bond donors (Lipinski definition) is 0. The maximum absolute atomic E-state index is 6.34. The normalized spacial score (nSPS) is 11.3. The number of rotatable bonds is 2. The van der Waals surface area contributed by atoms with Gasteiger partial charge >= 0.3 is 0 Å². The molecule has 0 saturated heterocycles. The lowest BCUT2D eigenvalue weighted by Gasteiger charge is -2.09. The molecule has 0 radical (unpaired) electrons. The Kier molecular flexibility index (Phi) is 3.39. The first kappa shape index (κ1) is 15.0. The van der Waals surface area contributed by atoms with Crippen molar-refractivity contribution in [1.29, 1.82) is 0 Å². The van der Waals surface area contributed by atoms with Gasteiger partial charge in [-0.2, -0.15) is 0 Å². The molecule has 5 aromatic rings. The summed E-state index contributed by atoms with van der Waals surface area (Å²) in [6.45, 7) is 2.12. The number of para-hydroxylation sites is 1. The van der Waals surface area contributed by atoms with Crippen molar-refractivity contribution in [1.82, 2.24) is 0 Å². The van der Waals surface area contributed by atoms with Gasteiger partial charge < -0.3 is 4.42 Å². The van der Waals surface area contributed by atoms with Gasteiger partial charge in [0, 0.05) is 16.3 Å². The quantitative estimate of drug-likeness (QED) is 0.332. The van der Waals surface area contributed by atoms with Crippen molar-refractivity contribution in [3.8, 4) is 22.3 Å². The molecule has 4 aromatic carbocycles. The molecule has 0 aliphatic heterocycles. The van der Waals surface area contributed by atoms with Crippen molar-refractivity contribution in [2.45, 2.75) is 6.92 Å². The van der Waals surface area contributed by atoms with Gasteiger partial charge in [0.05, 0.1) is 0 Å². The Morgan fingerprint density at radius 3 is 2.19 bits per heavy atom. The molecule has 0 aliphatic carbocycles. The van der Waals surface area contributed by atoms with Crippen LogP contribution < -0.4 is 0 Å². The molecular weight excluding hydrogens is 316 g/mol. The van der Waals surface area contributed by atoms with Crippen LogP contribution in [0.25, 0.3) is 44.2 Å². The molecule has 0 atom stereocenters. The van der Waals surface area contributed by atoms with Crippen LogP contribution in [-0.4, -0.2) is 0 Å². The fraction of sp³-hybridized carbons (Fsp3) is 0.0400. The van der Waals surface area contributed by atoms with Gasteiger partial charge in [-0.3, -0.25) is 0 Å². The smallest absolute Gasteiger partial charge is 0.143 e. The van der Waals surface area contributed by atoms with Crippen LogP contribution in [0.3, 0.4) is 0 Å². The summed E-state index contributed by atoms with van der Waals surface area (Å²) in [4.78, 5) is 0. The zero-order chi connectivity index (χ0) is 17.5. The van der Waals surface area contributed by atoms with E-state index in [-0.39, 0.29) is 0 Å². The molecule has 1 heterocycles. The Morgan fingerprint density at radius 1 is 0.615 bits per heavy atom. The molecule has 5 rings (SSSR count). The van der Waals surface area contributed by atoms with E-state index in [9.17, 15) is 0 Å². The lowest BCUT2D eigenvalue weighted by atomic mass is 9.94. The molecule has 0 spiro atoms. The average molecular weight is 334 g/mol. The Hall–Kier alpha value is -3.32. The van der Waals surface area contributed by atoms with E-state index in [0.29, 0.717) is 0 Å². The fourth-order valence-electron chi connectivity index (χ4n) is 3.73. The molecule has 0 N–H and O–H groups in total. The highest BCUT2D eigenvalue weighted by atomic mass is 16.3. The van der Waals surface area contributed by atoms with E-state index in [1.54, 1.807) is 0 Å². The highest BCUT2D eigenvalue weighted by Crippen LogP contribution is 2.41. The van der Waals surface area contributed by atoms with Crippen LogP contribution in [0.15, 0.2) is 95.4 Å². The molecule has 0 amide bonds. The van der Waals surface area contributed by atoms with Crippen LogP contribution in [0.1, 0.15) is 5.56 Å². The van der Waals surface area contributed by atoms with E-state index in [1.807, 2.05) is 12.1 Å². The molecule has 0 aliphatic rings. The summed E-state index contributed by atoms with van der Waals surface area (Å²) < 4.78 is 6.34. The second-order valence-corrected chi connectivity index (χ2v) is 6.70. The van der Waals surface area contributed by atoms with Crippen molar-refractivity contribution in [3.05, 3.63) is 96.6 Å². The maximum atomic E-state index is 6.34. The summed E-state index contributed by atoms with van der Waals surface area (Å²) in [5.41, 5.74) is 7.88. The van der Waals surface area contributed by atoms with Gasteiger partial charge in [-0.25, -0.2) is 0 Å². The SMILES string of the molecule is Cc1cccc(-c2ccc(-c3ccccc3)c3c2oc2ccccc23)c1. The lowest BCUT2D eigenvalue weighted by Crippen LogP contribution is -1.84. The predicted octanol–water partition coefficient (Wildman–Crippen LogP) is 7.23. The van der Waals surface area contributed by atoms with Gasteiger partial charge in [-0.05, 0) is 35.7 Å². The molecule has 0 unspecified atom stereocenters. The van der Waals surface area contributed by atoms with Crippen LogP contribution in [0.5, 0.6) is 0 Å². The Labute approximate surface area is 152 Å². The fourth-order valence-corrected chi connectivity index (χ4v) is 3.73. The zero-order valence-electron chi connectivity index (χ0n) is 14.6. The molecule has 0 fully saturated rings. The van der Waals surface area contributed by atoms with Gasteiger partial charge in [0.2, 0.25) is 0 Å². The zero-order valence-corrected chi connectivity index (χ0v) is 14.6. The summed E-state index contributed by atoms with van der Waals surface area (Å²) in [5.74, 6) is 0. The lowest BCUT2D eigenvalue weighted by molar-refractivity contribution is 0.670. The largest absolute Gasteiger partial charge is 0.455 e. The standard InChI is InChI=1S/C25H18O/c1-17-8-7-11-19(16-17)21-15-14-20(18-9-3-2-4-10-18)24-22-12-5-6-13-23(22)26-25(21)24/h2-16H,1H3. The van der Waals surface area contributed by atoms with Crippen molar-refractivity contribution >= 4 is 21.9 Å². The van der Waals surface area contributed by atoms with E-state index in [1.165, 1.54) is 27.6 Å². The number of fused-ring (bicyclic) bond motifs is 3. The predicted molar refractivity (Wildman–Crippen MR) is 109 cm³/mol. The third-order valence-corrected chi connectivity index (χ3v) is 4.94. The van der Waals surface area contributed by atoms with Gasteiger partial charge in [-0.15, -0.1) is 0 Å². The number of hydrogen-bond acceptors (Lipinski definition) is 1. The Bertz CT molecular complexity index is 1230. The molecular formula is C25H18O. The topological polar surface area (TPSA) is 13.1 Å². The first-order valence-electron chi connectivity index (χ1n) is 8.88. The monoisotopic (exact) mass is 334 g/mol. The highest BCUT2D eigenvalue weighted by molar-refractivity contribution is 6.16. The van der Waals surface area contributed by atoms with E-state index in [2.05, 4.69) is 85.8 Å². The molecule has 124 valence electrons. The van der Waals surface area contributed by atoms with Crippen molar-refractivity contribution < 1.29 is 4.42 Å². The van der Waals surface area contributed by atoms with Crippen molar-refractivity contribution in [2.75, 3.05) is 0 Å². The Morgan fingerprint density at radius 2 is 1.35 bits per heavy atom. The van der Waals surface area contributed by atoms with E-state index in [4.69, 9.17) is 4.42 Å². The molecule has 1 heteroatoms. The minimum Gasteiger partial charge on any atom is -0.455 e. The summed E-state index contributed by atoms with van der Waals surface area (Å²) >= 11 is 0. The molecule has 0 bridgehead atoms. The molecule has 1 nitrogen and oxygen atoms in total. The summed E-state index contributed by atoms with van der Waals surface area (Å²) in [7, 11) is 0. The number of aryl methyl sites for hydroxylation is 1. The van der Waals surface area contributed by atoms with E-state index < -0.39 is 0 Å². The molecule has 26 heavy (non-hydrogen) atoms. The number of furan rings is 1. The summed E-state index contributed by atoms with van der Waals surface area (Å²) in [5, 5.41) is 2.35. The van der Waals surface area contributed by atoms with Crippen LogP contribution in [0, 0.1) is 6.92 Å².